The van der Waals surface area contributed by atoms with Crippen molar-refractivity contribution in [2.24, 2.45) is 0 Å². The zero-order chi connectivity index (χ0) is 26.8. The Bertz CT molecular complexity index is 1240. The van der Waals surface area contributed by atoms with E-state index in [2.05, 4.69) is 5.32 Å². The van der Waals surface area contributed by atoms with E-state index in [1.807, 2.05) is 24.3 Å². The van der Waals surface area contributed by atoms with Crippen molar-refractivity contribution in [1.29, 1.82) is 0 Å². The summed E-state index contributed by atoms with van der Waals surface area (Å²) in [7, 11) is -3.92. The number of carbonyl (C=O) groups is 3. The molecule has 3 aromatic rings. The second-order valence-corrected chi connectivity index (χ2v) is 11.3. The van der Waals surface area contributed by atoms with Crippen molar-refractivity contribution < 1.29 is 41.9 Å². The number of benzene rings is 2. The average molecular weight is 552 g/mol. The summed E-state index contributed by atoms with van der Waals surface area (Å²) in [5.41, 5.74) is 0.623. The monoisotopic (exact) mass is 551 g/mol. The van der Waals surface area contributed by atoms with Gasteiger partial charge in [-0.3, -0.25) is 28.0 Å². The highest BCUT2D eigenvalue weighted by Gasteiger charge is 2.28. The molecule has 198 valence electrons. The number of ether oxygens (including phenoxy) is 2. The number of rotatable bonds is 13. The molecule has 0 aliphatic carbocycles. The van der Waals surface area contributed by atoms with Crippen molar-refractivity contribution in [2.45, 2.75) is 32.7 Å². The van der Waals surface area contributed by atoms with Crippen molar-refractivity contribution in [3.63, 3.8) is 0 Å². The fourth-order valence-electron chi connectivity index (χ4n) is 3.38. The van der Waals surface area contributed by atoms with Gasteiger partial charge in [0.15, 0.2) is 0 Å². The van der Waals surface area contributed by atoms with E-state index in [-0.39, 0.29) is 24.9 Å². The van der Waals surface area contributed by atoms with Gasteiger partial charge in [0.25, 0.3) is 5.91 Å². The molecule has 12 heteroatoms. The topological polar surface area (TPSA) is 117 Å². The number of thiophene rings is 1. The molecule has 1 heterocycles. The molecule has 37 heavy (non-hydrogen) atoms. The number of nitrogens with one attached hydrogen (secondary N) is 1. The molecule has 0 aliphatic heterocycles. The highest BCUT2D eigenvalue weighted by Crippen LogP contribution is 2.49. The Morgan fingerprint density at radius 3 is 2.27 bits per heavy atom. The van der Waals surface area contributed by atoms with Crippen LogP contribution in [0.3, 0.4) is 0 Å². The number of carbonyl (C=O) groups excluding carboxylic acids is 3. The van der Waals surface area contributed by atoms with Gasteiger partial charge in [-0.2, -0.15) is 0 Å². The first-order valence-corrected chi connectivity index (χ1v) is 13.9. The van der Waals surface area contributed by atoms with E-state index in [4.69, 9.17) is 18.5 Å². The molecule has 1 unspecified atom stereocenters. The third kappa shape index (κ3) is 9.36. The molecule has 2 aromatic carbocycles. The van der Waals surface area contributed by atoms with Crippen molar-refractivity contribution in [1.82, 2.24) is 5.32 Å². The Morgan fingerprint density at radius 1 is 0.973 bits per heavy atom. The lowest BCUT2D eigenvalue weighted by Crippen LogP contribution is -2.37. The van der Waals surface area contributed by atoms with Gasteiger partial charge in [-0.1, -0.05) is 30.3 Å². The van der Waals surface area contributed by atoms with Crippen LogP contribution in [0.2, 0.25) is 0 Å². The summed E-state index contributed by atoms with van der Waals surface area (Å²) >= 11 is 1.33. The van der Waals surface area contributed by atoms with Crippen LogP contribution in [0.15, 0.2) is 54.6 Å². The maximum Gasteiger partial charge on any atom is 0.336 e. The zero-order valence-corrected chi connectivity index (χ0v) is 22.0. The second kappa shape index (κ2) is 13.4. The summed E-state index contributed by atoms with van der Waals surface area (Å²) in [5, 5.41) is 3.86. The van der Waals surface area contributed by atoms with Gasteiger partial charge in [-0.05, 0) is 48.1 Å². The lowest BCUT2D eigenvalue weighted by molar-refractivity contribution is -0.149. The molecule has 0 aliphatic rings. The van der Waals surface area contributed by atoms with Gasteiger partial charge in [-0.25, -0.2) is 4.39 Å². The molecule has 0 bridgehead atoms. The number of hydrogen-bond acceptors (Lipinski definition) is 9. The fourth-order valence-corrected chi connectivity index (χ4v) is 5.74. The predicted octanol–water partition coefficient (Wildman–Crippen LogP) is 5.04. The van der Waals surface area contributed by atoms with Crippen LogP contribution in [-0.4, -0.2) is 43.6 Å². The molecule has 0 radical (unpaired) electrons. The highest BCUT2D eigenvalue weighted by atomic mass is 32.1. The predicted molar refractivity (Wildman–Crippen MR) is 136 cm³/mol. The van der Waals surface area contributed by atoms with Crippen LogP contribution in [0, 0.1) is 5.82 Å². The Labute approximate surface area is 217 Å². The van der Waals surface area contributed by atoms with Crippen LogP contribution in [0.5, 0.6) is 0 Å². The molecule has 0 saturated carbocycles. The van der Waals surface area contributed by atoms with Crippen molar-refractivity contribution >= 4 is 46.9 Å². The number of esters is 2. The zero-order valence-electron chi connectivity index (χ0n) is 20.3. The van der Waals surface area contributed by atoms with Gasteiger partial charge in [-0.15, -0.1) is 11.3 Å². The molecule has 0 saturated heterocycles. The van der Waals surface area contributed by atoms with E-state index in [1.54, 1.807) is 18.2 Å². The van der Waals surface area contributed by atoms with Gasteiger partial charge in [0.1, 0.15) is 5.82 Å². The lowest BCUT2D eigenvalue weighted by Gasteiger charge is -2.22. The number of hydrogen-bond donors (Lipinski definition) is 1. The smallest absolute Gasteiger partial charge is 0.336 e. The van der Waals surface area contributed by atoms with Gasteiger partial charge in [0.05, 0.1) is 11.0 Å². The summed E-state index contributed by atoms with van der Waals surface area (Å²) < 4.78 is 47.8. The first-order chi connectivity index (χ1) is 17.6. The van der Waals surface area contributed by atoms with Gasteiger partial charge < -0.3 is 14.8 Å². The summed E-state index contributed by atoms with van der Waals surface area (Å²) in [5.74, 6) is -2.05. The van der Waals surface area contributed by atoms with E-state index >= 15 is 0 Å². The Kier molecular flexibility index (Phi) is 10.3. The minimum absolute atomic E-state index is 0.102. The quantitative estimate of drug-likeness (QED) is 0.178. The highest BCUT2D eigenvalue weighted by molar-refractivity contribution is 7.53. The molecular formula is C25H27FNO8PS. The van der Waals surface area contributed by atoms with Crippen LogP contribution in [-0.2, 0) is 39.1 Å². The second-order valence-electron chi connectivity index (χ2n) is 8.04. The maximum absolute atomic E-state index is 13.8. The summed E-state index contributed by atoms with van der Waals surface area (Å²) in [6, 6.07) is 14.7. The summed E-state index contributed by atoms with van der Waals surface area (Å²) in [4.78, 5) is 35.7. The van der Waals surface area contributed by atoms with Crippen LogP contribution in [0.25, 0.3) is 10.1 Å². The van der Waals surface area contributed by atoms with Crippen LogP contribution in [0.4, 0.5) is 4.39 Å². The molecule has 9 nitrogen and oxygen atoms in total. The first-order valence-electron chi connectivity index (χ1n) is 11.3. The van der Waals surface area contributed by atoms with Gasteiger partial charge >= 0.3 is 19.5 Å². The van der Waals surface area contributed by atoms with Crippen molar-refractivity contribution in [3.05, 3.63) is 70.9 Å². The Morgan fingerprint density at radius 2 is 1.65 bits per heavy atom. The van der Waals surface area contributed by atoms with Crippen LogP contribution in [0.1, 0.15) is 35.5 Å². The number of amides is 1. The third-order valence-electron chi connectivity index (χ3n) is 5.13. The molecule has 1 atom stereocenters. The maximum atomic E-state index is 13.8. The lowest BCUT2D eigenvalue weighted by atomic mass is 10.0. The summed E-state index contributed by atoms with van der Waals surface area (Å²) in [6.07, 6.45) is 0.134. The molecule has 1 aromatic heterocycles. The van der Waals surface area contributed by atoms with E-state index in [1.165, 1.54) is 23.5 Å². The van der Waals surface area contributed by atoms with Crippen LogP contribution >= 0.6 is 18.9 Å². The molecule has 3 rings (SSSR count). The van der Waals surface area contributed by atoms with Crippen LogP contribution < -0.4 is 5.32 Å². The van der Waals surface area contributed by atoms with Crippen molar-refractivity contribution in [2.75, 3.05) is 19.7 Å². The average Bonchev–Trinajstić information content (AvgIpc) is 3.27. The number of halogens is 1. The van der Waals surface area contributed by atoms with E-state index < -0.39 is 45.0 Å². The third-order valence-corrected chi connectivity index (χ3v) is 8.05. The van der Waals surface area contributed by atoms with Gasteiger partial charge in [0, 0.05) is 24.6 Å². The standard InChI is InChI=1S/C25H27FNO8PS/c1-17(28)32-15-34-36(31,35-16-33-18(2)29)11-10-22(13-19-6-5-8-21(26)12-19)27-25(30)24-14-20-7-3-4-9-23(20)37-24/h3-9,12,14,22H,10-11,13,15-16H2,1-2H3,(H,27,30). The molecule has 1 amide bonds. The van der Waals surface area contributed by atoms with E-state index in [0.717, 1.165) is 23.9 Å². The Hall–Kier alpha value is -3.11. The number of fused-ring (bicyclic) bond motifs is 1. The van der Waals surface area contributed by atoms with Crippen molar-refractivity contribution in [3.8, 4) is 0 Å². The van der Waals surface area contributed by atoms with E-state index in [9.17, 15) is 23.3 Å². The van der Waals surface area contributed by atoms with E-state index in [0.29, 0.717) is 10.4 Å². The molecule has 0 fully saturated rings. The SMILES string of the molecule is CC(=O)OCOP(=O)(CCC(Cc1cccc(F)c1)NC(=O)c1cc2ccccc2s1)OCOC(C)=O. The molecule has 1 N–H and O–H groups in total. The minimum Gasteiger partial charge on any atom is -0.438 e. The molecule has 0 spiro atoms. The Balaban J connectivity index is 1.75. The van der Waals surface area contributed by atoms with Gasteiger partial charge in [0.2, 0.25) is 13.6 Å². The fraction of sp³-hybridized carbons (Fsp3) is 0.320. The molecular weight excluding hydrogens is 524 g/mol. The summed E-state index contributed by atoms with van der Waals surface area (Å²) in [6.45, 7) is 1.06. The first kappa shape index (κ1) is 28.5. The normalized spacial score (nSPS) is 12.2. The minimum atomic E-state index is -3.92. The largest absolute Gasteiger partial charge is 0.438 e.